The van der Waals surface area contributed by atoms with Gasteiger partial charge in [0.15, 0.2) is 0 Å². The summed E-state index contributed by atoms with van der Waals surface area (Å²) in [5.74, 6) is 0. The van der Waals surface area contributed by atoms with Gasteiger partial charge >= 0.3 is 0 Å². The van der Waals surface area contributed by atoms with Crippen LogP contribution in [0.15, 0.2) is 194 Å². The molecule has 260 valence electrons. The van der Waals surface area contributed by atoms with Gasteiger partial charge in [-0.2, -0.15) is 0 Å². The first-order valence-electron chi connectivity index (χ1n) is 19.2. The van der Waals surface area contributed by atoms with Crippen LogP contribution in [0.3, 0.4) is 0 Å². The summed E-state index contributed by atoms with van der Waals surface area (Å²) in [6, 6.07) is 71.5. The Morgan fingerprint density at radius 2 is 0.909 bits per heavy atom. The molecule has 0 fully saturated rings. The van der Waals surface area contributed by atoms with Gasteiger partial charge in [0.05, 0.1) is 33.8 Å². The van der Waals surface area contributed by atoms with Crippen molar-refractivity contribution in [2.75, 3.05) is 4.90 Å². The van der Waals surface area contributed by atoms with Gasteiger partial charge in [-0.25, -0.2) is 0 Å². The van der Waals surface area contributed by atoms with Gasteiger partial charge in [0.1, 0.15) is 0 Å². The third-order valence-electron chi connectivity index (χ3n) is 12.0. The lowest BCUT2D eigenvalue weighted by Crippen LogP contribution is -2.15. The highest BCUT2D eigenvalue weighted by molar-refractivity contribution is 6.14. The van der Waals surface area contributed by atoms with E-state index in [1.165, 1.54) is 76.7 Å². The van der Waals surface area contributed by atoms with Crippen molar-refractivity contribution >= 4 is 60.4 Å². The van der Waals surface area contributed by atoms with Crippen LogP contribution in [0.4, 0.5) is 17.1 Å². The van der Waals surface area contributed by atoms with E-state index in [1.54, 1.807) is 0 Å². The number of rotatable bonds is 5. The molecular weight excluding hydrogens is 665 g/mol. The molecule has 0 spiro atoms. The Morgan fingerprint density at radius 3 is 1.71 bits per heavy atom. The zero-order valence-corrected chi connectivity index (χ0v) is 30.9. The Hall–Kier alpha value is -6.90. The van der Waals surface area contributed by atoms with E-state index in [9.17, 15) is 0 Å². The molecule has 55 heavy (non-hydrogen) atoms. The van der Waals surface area contributed by atoms with Crippen LogP contribution in [-0.2, 0) is 5.41 Å². The second-order valence-electron chi connectivity index (χ2n) is 15.3. The number of benzene rings is 9. The maximum absolute atomic E-state index is 2.52. The van der Waals surface area contributed by atoms with Crippen molar-refractivity contribution < 1.29 is 0 Å². The molecule has 9 aromatic carbocycles. The molecule has 0 aliphatic heterocycles. The molecule has 1 aliphatic carbocycles. The van der Waals surface area contributed by atoms with Gasteiger partial charge in [-0.15, -0.1) is 0 Å². The van der Waals surface area contributed by atoms with Crippen molar-refractivity contribution in [3.63, 3.8) is 0 Å². The first kappa shape index (κ1) is 31.6. The molecule has 0 N–H and O–H groups in total. The Bertz CT molecular complexity index is 3090. The summed E-state index contributed by atoms with van der Waals surface area (Å²) < 4.78 is 2.45. The molecule has 0 amide bonds. The highest BCUT2D eigenvalue weighted by Gasteiger charge is 2.37. The predicted octanol–water partition coefficient (Wildman–Crippen LogP) is 14.5. The highest BCUT2D eigenvalue weighted by Crippen LogP contribution is 2.54. The van der Waals surface area contributed by atoms with Crippen LogP contribution in [0.25, 0.3) is 71.3 Å². The van der Waals surface area contributed by atoms with E-state index in [-0.39, 0.29) is 5.41 Å². The standard InChI is InChI=1S/C53H38N2/c1-53(2)44-25-9-5-22-43(44)52-42(24-15-26-45(52)53)40-21-8-12-29-48(40)55(49-32-16-23-37-36-18-4-3-17-35(36)33-34-41(37)49)51-31-14-13-30-50(51)54-46-27-10-6-19-38(46)39-20-7-11-28-47(39)54/h3-34H,1-2H3. The van der Waals surface area contributed by atoms with Crippen molar-refractivity contribution in [1.82, 2.24) is 4.57 Å². The van der Waals surface area contributed by atoms with Crippen LogP contribution in [0.2, 0.25) is 0 Å². The minimum atomic E-state index is -0.101. The van der Waals surface area contributed by atoms with Gasteiger partial charge in [0.2, 0.25) is 0 Å². The van der Waals surface area contributed by atoms with E-state index < -0.39 is 0 Å². The summed E-state index contributed by atoms with van der Waals surface area (Å²) in [4.78, 5) is 2.52. The Morgan fingerprint density at radius 1 is 0.364 bits per heavy atom. The molecular formula is C53H38N2. The second-order valence-corrected chi connectivity index (χ2v) is 15.3. The molecule has 1 aliphatic rings. The average Bonchev–Trinajstić information content (AvgIpc) is 3.70. The summed E-state index contributed by atoms with van der Waals surface area (Å²) in [5, 5.41) is 7.44. The third kappa shape index (κ3) is 4.61. The van der Waals surface area contributed by atoms with Crippen LogP contribution >= 0.6 is 0 Å². The van der Waals surface area contributed by atoms with Crippen LogP contribution in [0.1, 0.15) is 25.0 Å². The van der Waals surface area contributed by atoms with E-state index in [0.29, 0.717) is 0 Å². The first-order chi connectivity index (χ1) is 27.1. The number of para-hydroxylation sites is 5. The molecule has 0 radical (unpaired) electrons. The number of aromatic nitrogens is 1. The first-order valence-corrected chi connectivity index (χ1v) is 19.2. The van der Waals surface area contributed by atoms with E-state index >= 15 is 0 Å². The zero-order chi connectivity index (χ0) is 36.7. The molecule has 11 rings (SSSR count). The summed E-state index contributed by atoms with van der Waals surface area (Å²) >= 11 is 0. The van der Waals surface area contributed by atoms with E-state index in [4.69, 9.17) is 0 Å². The highest BCUT2D eigenvalue weighted by atomic mass is 15.2. The maximum atomic E-state index is 2.52. The van der Waals surface area contributed by atoms with Gasteiger partial charge in [0.25, 0.3) is 0 Å². The smallest absolute Gasteiger partial charge is 0.0702 e. The number of nitrogens with zero attached hydrogens (tertiary/aromatic N) is 2. The van der Waals surface area contributed by atoms with Crippen LogP contribution in [0.5, 0.6) is 0 Å². The SMILES string of the molecule is CC1(C)c2ccccc2-c2c(-c3ccccc3N(c3ccccc3-n3c4ccccc4c4ccccc43)c3cccc4c3ccc3ccccc34)cccc21. The minimum Gasteiger partial charge on any atom is -0.307 e. The monoisotopic (exact) mass is 702 g/mol. The van der Waals surface area contributed by atoms with Gasteiger partial charge in [-0.1, -0.05) is 172 Å². The quantitative estimate of drug-likeness (QED) is 0.162. The summed E-state index contributed by atoms with van der Waals surface area (Å²) in [6.45, 7) is 4.73. The lowest BCUT2D eigenvalue weighted by atomic mass is 9.82. The van der Waals surface area contributed by atoms with Crippen molar-refractivity contribution in [1.29, 1.82) is 0 Å². The van der Waals surface area contributed by atoms with E-state index in [2.05, 4.69) is 217 Å². The topological polar surface area (TPSA) is 8.17 Å². The fourth-order valence-electron chi connectivity index (χ4n) is 9.51. The Kier molecular flexibility index (Phi) is 6.93. The van der Waals surface area contributed by atoms with Crippen molar-refractivity contribution in [3.05, 3.63) is 205 Å². The fraction of sp³-hybridized carbons (Fsp3) is 0.0566. The molecule has 2 nitrogen and oxygen atoms in total. The van der Waals surface area contributed by atoms with E-state index in [0.717, 1.165) is 22.7 Å². The van der Waals surface area contributed by atoms with Crippen LogP contribution in [0, 0.1) is 0 Å². The lowest BCUT2D eigenvalue weighted by molar-refractivity contribution is 0.660. The van der Waals surface area contributed by atoms with Crippen molar-refractivity contribution in [2.24, 2.45) is 0 Å². The normalized spacial score (nSPS) is 13.1. The van der Waals surface area contributed by atoms with Crippen LogP contribution < -0.4 is 4.90 Å². The number of fused-ring (bicyclic) bond motifs is 9. The largest absolute Gasteiger partial charge is 0.307 e. The molecule has 0 saturated carbocycles. The molecule has 0 bridgehead atoms. The number of hydrogen-bond acceptors (Lipinski definition) is 1. The summed E-state index contributed by atoms with van der Waals surface area (Å²) in [5.41, 5.74) is 14.6. The van der Waals surface area contributed by atoms with E-state index in [1.807, 2.05) is 0 Å². The molecule has 1 aromatic heterocycles. The lowest BCUT2D eigenvalue weighted by Gasteiger charge is -2.31. The number of hydrogen-bond donors (Lipinski definition) is 0. The molecule has 0 unspecified atom stereocenters. The minimum absolute atomic E-state index is 0.101. The van der Waals surface area contributed by atoms with Crippen molar-refractivity contribution in [2.45, 2.75) is 19.3 Å². The van der Waals surface area contributed by atoms with Gasteiger partial charge in [-0.3, -0.25) is 0 Å². The van der Waals surface area contributed by atoms with Crippen molar-refractivity contribution in [3.8, 4) is 27.9 Å². The summed E-state index contributed by atoms with van der Waals surface area (Å²) in [6.07, 6.45) is 0. The van der Waals surface area contributed by atoms with Crippen LogP contribution in [-0.4, -0.2) is 4.57 Å². The molecule has 2 heteroatoms. The Balaban J connectivity index is 1.25. The fourth-order valence-corrected chi connectivity index (χ4v) is 9.51. The average molecular weight is 703 g/mol. The molecule has 10 aromatic rings. The Labute approximate surface area is 321 Å². The summed E-state index contributed by atoms with van der Waals surface area (Å²) in [7, 11) is 0. The zero-order valence-electron chi connectivity index (χ0n) is 30.9. The number of anilines is 3. The van der Waals surface area contributed by atoms with Gasteiger partial charge in [0, 0.05) is 27.1 Å². The maximum Gasteiger partial charge on any atom is 0.0702 e. The van der Waals surface area contributed by atoms with Gasteiger partial charge < -0.3 is 9.47 Å². The van der Waals surface area contributed by atoms with Gasteiger partial charge in [-0.05, 0) is 80.4 Å². The second kappa shape index (κ2) is 12.1. The third-order valence-corrected chi connectivity index (χ3v) is 12.0. The molecule has 0 saturated heterocycles. The predicted molar refractivity (Wildman–Crippen MR) is 233 cm³/mol. The molecule has 0 atom stereocenters. The molecule has 1 heterocycles.